The predicted octanol–water partition coefficient (Wildman–Crippen LogP) is 7.69. The predicted molar refractivity (Wildman–Crippen MR) is 126 cm³/mol. The van der Waals surface area contributed by atoms with Gasteiger partial charge in [0, 0.05) is 18.7 Å². The van der Waals surface area contributed by atoms with E-state index in [1.54, 1.807) is 0 Å². The molecule has 0 heterocycles. The van der Waals surface area contributed by atoms with Crippen molar-refractivity contribution in [2.75, 3.05) is 12.4 Å². The zero-order valence-electron chi connectivity index (χ0n) is 17.8. The first-order valence-electron chi connectivity index (χ1n) is 10.1. The van der Waals surface area contributed by atoms with Gasteiger partial charge in [-0.1, -0.05) is 92.8 Å². The highest BCUT2D eigenvalue weighted by Crippen LogP contribution is 2.41. The van der Waals surface area contributed by atoms with Crippen LogP contribution in [0.25, 0.3) is 6.08 Å². The van der Waals surface area contributed by atoms with Gasteiger partial charge in [-0.15, -0.1) is 0 Å². The Morgan fingerprint density at radius 1 is 1.11 bits per heavy atom. The fraction of sp³-hybridized carbons (Fsp3) is 0.259. The SMILES string of the molecule is C=C/C(=C\c1ccccc1C)C(/C(=C\C)C(=C)CCC)c1ccccc1NC. The van der Waals surface area contributed by atoms with Crippen molar-refractivity contribution in [3.63, 3.8) is 0 Å². The van der Waals surface area contributed by atoms with Crippen molar-refractivity contribution in [2.24, 2.45) is 0 Å². The Bertz CT molecular complexity index is 883. The Balaban J connectivity index is 2.70. The van der Waals surface area contributed by atoms with Crippen molar-refractivity contribution in [2.45, 2.75) is 39.5 Å². The molecule has 0 aliphatic carbocycles. The second-order valence-electron chi connectivity index (χ2n) is 7.07. The molecule has 2 aromatic rings. The number of aryl methyl sites for hydroxylation is 1. The van der Waals surface area contributed by atoms with E-state index in [0.29, 0.717) is 0 Å². The van der Waals surface area contributed by atoms with Crippen molar-refractivity contribution in [1.82, 2.24) is 0 Å². The second kappa shape index (κ2) is 10.5. The van der Waals surface area contributed by atoms with Crippen LogP contribution in [0.4, 0.5) is 5.69 Å². The molecule has 2 aromatic carbocycles. The number of rotatable bonds is 9. The smallest absolute Gasteiger partial charge is 0.0379 e. The first kappa shape index (κ1) is 21.5. The fourth-order valence-electron chi connectivity index (χ4n) is 3.71. The Morgan fingerprint density at radius 3 is 2.39 bits per heavy atom. The zero-order valence-corrected chi connectivity index (χ0v) is 17.8. The molecule has 0 aliphatic rings. The number of para-hydroxylation sites is 1. The van der Waals surface area contributed by atoms with Gasteiger partial charge in [0.15, 0.2) is 0 Å². The van der Waals surface area contributed by atoms with E-state index < -0.39 is 0 Å². The number of allylic oxidation sites excluding steroid dienone is 5. The molecule has 0 saturated carbocycles. The Morgan fingerprint density at radius 2 is 1.79 bits per heavy atom. The van der Waals surface area contributed by atoms with E-state index in [2.05, 4.69) is 99.9 Å². The summed E-state index contributed by atoms with van der Waals surface area (Å²) in [4.78, 5) is 0. The van der Waals surface area contributed by atoms with Crippen molar-refractivity contribution in [1.29, 1.82) is 0 Å². The standard InChI is InChI=1S/C27H33N/c1-7-14-21(5)24(9-3)27(25-17-12-13-18-26(25)28-6)22(8-2)19-23-16-11-10-15-20(23)4/h8-13,15-19,27-28H,2,5,7,14H2,1,3-4,6H3/b22-19+,24-9-. The van der Waals surface area contributed by atoms with Crippen LogP contribution in [-0.4, -0.2) is 7.05 Å². The van der Waals surface area contributed by atoms with E-state index in [-0.39, 0.29) is 5.92 Å². The zero-order chi connectivity index (χ0) is 20.5. The van der Waals surface area contributed by atoms with E-state index in [0.717, 1.165) is 18.5 Å². The number of nitrogens with one attached hydrogen (secondary N) is 1. The van der Waals surface area contributed by atoms with Gasteiger partial charge in [0.2, 0.25) is 0 Å². The molecule has 0 saturated heterocycles. The lowest BCUT2D eigenvalue weighted by Gasteiger charge is -2.26. The molecule has 0 radical (unpaired) electrons. The molecule has 0 amide bonds. The van der Waals surface area contributed by atoms with Crippen LogP contribution in [0, 0.1) is 6.92 Å². The third kappa shape index (κ3) is 4.92. The molecule has 1 N–H and O–H groups in total. The number of benzene rings is 2. The molecule has 2 rings (SSSR count). The second-order valence-corrected chi connectivity index (χ2v) is 7.07. The van der Waals surface area contributed by atoms with Crippen LogP contribution in [0.5, 0.6) is 0 Å². The van der Waals surface area contributed by atoms with Crippen molar-refractivity contribution < 1.29 is 0 Å². The maximum atomic E-state index is 4.41. The normalized spacial score (nSPS) is 13.1. The number of hydrogen-bond acceptors (Lipinski definition) is 1. The third-order valence-electron chi connectivity index (χ3n) is 5.20. The summed E-state index contributed by atoms with van der Waals surface area (Å²) in [6.07, 6.45) is 8.55. The van der Waals surface area contributed by atoms with E-state index in [1.807, 2.05) is 13.1 Å². The van der Waals surface area contributed by atoms with Gasteiger partial charge in [0.05, 0.1) is 0 Å². The van der Waals surface area contributed by atoms with Gasteiger partial charge >= 0.3 is 0 Å². The van der Waals surface area contributed by atoms with E-state index in [4.69, 9.17) is 0 Å². The number of anilines is 1. The van der Waals surface area contributed by atoms with Gasteiger partial charge in [0.1, 0.15) is 0 Å². The van der Waals surface area contributed by atoms with Crippen LogP contribution in [0.2, 0.25) is 0 Å². The Kier molecular flexibility index (Phi) is 8.07. The summed E-state index contributed by atoms with van der Waals surface area (Å²) in [5.74, 6) is 0.0878. The summed E-state index contributed by atoms with van der Waals surface area (Å²) in [6, 6.07) is 17.0. The molecule has 28 heavy (non-hydrogen) atoms. The first-order valence-corrected chi connectivity index (χ1v) is 10.1. The van der Waals surface area contributed by atoms with Crippen LogP contribution >= 0.6 is 0 Å². The molecule has 0 bridgehead atoms. The van der Waals surface area contributed by atoms with Gasteiger partial charge in [-0.2, -0.15) is 0 Å². The molecule has 1 heteroatoms. The summed E-state index contributed by atoms with van der Waals surface area (Å²) in [6.45, 7) is 15.0. The summed E-state index contributed by atoms with van der Waals surface area (Å²) in [7, 11) is 1.98. The van der Waals surface area contributed by atoms with Crippen molar-refractivity contribution >= 4 is 11.8 Å². The highest BCUT2D eigenvalue weighted by atomic mass is 14.8. The minimum atomic E-state index is 0.0878. The molecule has 146 valence electrons. The summed E-state index contributed by atoms with van der Waals surface area (Å²) < 4.78 is 0. The Labute approximate surface area is 171 Å². The minimum absolute atomic E-state index is 0.0878. The van der Waals surface area contributed by atoms with Crippen LogP contribution < -0.4 is 5.32 Å². The molecular weight excluding hydrogens is 338 g/mol. The molecule has 1 unspecified atom stereocenters. The molecular formula is C27H33N. The summed E-state index contributed by atoms with van der Waals surface area (Å²) in [5, 5.41) is 3.36. The van der Waals surface area contributed by atoms with E-state index in [9.17, 15) is 0 Å². The lowest BCUT2D eigenvalue weighted by molar-refractivity contribution is 0.867. The van der Waals surface area contributed by atoms with Gasteiger partial charge in [-0.25, -0.2) is 0 Å². The monoisotopic (exact) mass is 371 g/mol. The fourth-order valence-corrected chi connectivity index (χ4v) is 3.71. The maximum Gasteiger partial charge on any atom is 0.0379 e. The molecule has 0 aromatic heterocycles. The maximum absolute atomic E-state index is 4.41. The van der Waals surface area contributed by atoms with Gasteiger partial charge in [-0.05, 0) is 54.2 Å². The first-order chi connectivity index (χ1) is 13.6. The highest BCUT2D eigenvalue weighted by molar-refractivity contribution is 5.67. The van der Waals surface area contributed by atoms with Crippen LogP contribution in [0.1, 0.15) is 49.3 Å². The molecule has 1 atom stereocenters. The average Bonchev–Trinajstić information content (AvgIpc) is 2.72. The summed E-state index contributed by atoms with van der Waals surface area (Å²) in [5.41, 5.74) is 8.51. The largest absolute Gasteiger partial charge is 0.388 e. The minimum Gasteiger partial charge on any atom is -0.388 e. The highest BCUT2D eigenvalue weighted by Gasteiger charge is 2.23. The Hall–Kier alpha value is -2.80. The quantitative estimate of drug-likeness (QED) is 0.445. The average molecular weight is 372 g/mol. The molecule has 1 nitrogen and oxygen atoms in total. The van der Waals surface area contributed by atoms with Crippen LogP contribution in [0.3, 0.4) is 0 Å². The van der Waals surface area contributed by atoms with Crippen LogP contribution in [-0.2, 0) is 0 Å². The topological polar surface area (TPSA) is 12.0 Å². The van der Waals surface area contributed by atoms with Crippen molar-refractivity contribution in [3.05, 3.63) is 107 Å². The molecule has 0 fully saturated rings. The van der Waals surface area contributed by atoms with Gasteiger partial charge in [-0.3, -0.25) is 0 Å². The van der Waals surface area contributed by atoms with Gasteiger partial charge < -0.3 is 5.32 Å². The lowest BCUT2D eigenvalue weighted by Crippen LogP contribution is -2.10. The van der Waals surface area contributed by atoms with Crippen molar-refractivity contribution in [3.8, 4) is 0 Å². The molecule has 0 aliphatic heterocycles. The number of hydrogen-bond donors (Lipinski definition) is 1. The lowest BCUT2D eigenvalue weighted by atomic mass is 9.79. The van der Waals surface area contributed by atoms with Crippen LogP contribution in [0.15, 0.2) is 90.6 Å². The summed E-state index contributed by atoms with van der Waals surface area (Å²) >= 11 is 0. The van der Waals surface area contributed by atoms with E-state index >= 15 is 0 Å². The van der Waals surface area contributed by atoms with Gasteiger partial charge in [0.25, 0.3) is 0 Å². The third-order valence-corrected chi connectivity index (χ3v) is 5.20. The van der Waals surface area contributed by atoms with E-state index in [1.165, 1.54) is 33.4 Å². The molecule has 0 spiro atoms.